The van der Waals surface area contributed by atoms with Gasteiger partial charge >= 0.3 is 0 Å². The van der Waals surface area contributed by atoms with Crippen LogP contribution in [-0.2, 0) is 13.0 Å². The van der Waals surface area contributed by atoms with Gasteiger partial charge < -0.3 is 10.6 Å². The molecule has 1 aliphatic heterocycles. The molecule has 5 nitrogen and oxygen atoms in total. The Morgan fingerprint density at radius 2 is 2.22 bits per heavy atom. The van der Waals surface area contributed by atoms with E-state index in [1.54, 1.807) is 6.20 Å². The van der Waals surface area contributed by atoms with Crippen molar-refractivity contribution in [1.29, 1.82) is 0 Å². The predicted octanol–water partition coefficient (Wildman–Crippen LogP) is 1.19. The van der Waals surface area contributed by atoms with Crippen molar-refractivity contribution >= 4 is 11.7 Å². The lowest BCUT2D eigenvalue weighted by Gasteiger charge is -2.28. The largest absolute Gasteiger partial charge is 0.384 e. The first kappa shape index (κ1) is 10.8. The molecule has 5 heteroatoms. The molecule has 1 aromatic heterocycles. The molecule has 0 unspecified atom stereocenters. The normalized spacial score (nSPS) is 14.7. The van der Waals surface area contributed by atoms with Crippen LogP contribution in [-0.4, -0.2) is 27.5 Å². The first-order valence-corrected chi connectivity index (χ1v) is 5.90. The molecule has 3 N–H and O–H groups in total. The molecule has 0 bridgehead atoms. The van der Waals surface area contributed by atoms with Crippen LogP contribution in [0.15, 0.2) is 30.5 Å². The molecule has 0 aliphatic carbocycles. The summed E-state index contributed by atoms with van der Waals surface area (Å²) >= 11 is 0. The molecular formula is C13H14N4O. The third-order valence-electron chi connectivity index (χ3n) is 3.30. The number of benzene rings is 1. The van der Waals surface area contributed by atoms with Crippen molar-refractivity contribution in [2.24, 2.45) is 0 Å². The highest BCUT2D eigenvalue weighted by molar-refractivity contribution is 5.96. The van der Waals surface area contributed by atoms with E-state index in [1.165, 1.54) is 0 Å². The van der Waals surface area contributed by atoms with Crippen LogP contribution in [0.25, 0.3) is 0 Å². The number of nitrogen functional groups attached to an aromatic ring is 1. The first-order chi connectivity index (χ1) is 8.75. The number of hydrogen-bond acceptors (Lipinski definition) is 3. The summed E-state index contributed by atoms with van der Waals surface area (Å²) in [6, 6.07) is 7.75. The van der Waals surface area contributed by atoms with Gasteiger partial charge in [0.15, 0.2) is 0 Å². The van der Waals surface area contributed by atoms with Gasteiger partial charge in [-0.2, -0.15) is 5.10 Å². The molecule has 1 aliphatic rings. The average molecular weight is 242 g/mol. The van der Waals surface area contributed by atoms with E-state index in [1.807, 2.05) is 29.2 Å². The average Bonchev–Trinajstić information content (AvgIpc) is 2.79. The summed E-state index contributed by atoms with van der Waals surface area (Å²) in [7, 11) is 0. The first-order valence-electron chi connectivity index (χ1n) is 5.90. The molecule has 3 rings (SSSR count). The van der Waals surface area contributed by atoms with E-state index in [0.29, 0.717) is 12.4 Å². The lowest BCUT2D eigenvalue weighted by atomic mass is 9.99. The number of hydrogen-bond donors (Lipinski definition) is 2. The van der Waals surface area contributed by atoms with E-state index >= 15 is 0 Å². The van der Waals surface area contributed by atoms with Gasteiger partial charge in [-0.3, -0.25) is 9.89 Å². The molecule has 0 saturated carbocycles. The van der Waals surface area contributed by atoms with Gasteiger partial charge in [-0.15, -0.1) is 0 Å². The van der Waals surface area contributed by atoms with Crippen LogP contribution in [0.3, 0.4) is 0 Å². The van der Waals surface area contributed by atoms with Gasteiger partial charge in [0.25, 0.3) is 5.91 Å². The van der Waals surface area contributed by atoms with E-state index in [9.17, 15) is 4.79 Å². The fraction of sp³-hybridized carbons (Fsp3) is 0.231. The smallest absolute Gasteiger partial charge is 0.254 e. The standard InChI is InChI=1S/C13H14N4O/c14-12-10(7-15-16-12)8-17-6-5-9-3-1-2-4-11(9)13(17)18/h1-4,7H,5-6,8H2,(H3,14,15,16). The Morgan fingerprint density at radius 1 is 1.39 bits per heavy atom. The topological polar surface area (TPSA) is 75.0 Å². The van der Waals surface area contributed by atoms with Crippen LogP contribution < -0.4 is 5.73 Å². The molecule has 0 saturated heterocycles. The van der Waals surface area contributed by atoms with Gasteiger partial charge in [-0.25, -0.2) is 0 Å². The number of aromatic amines is 1. The molecular weight excluding hydrogens is 228 g/mol. The van der Waals surface area contributed by atoms with Crippen molar-refractivity contribution < 1.29 is 4.79 Å². The second-order valence-corrected chi connectivity index (χ2v) is 4.44. The number of carbonyl (C=O) groups is 1. The summed E-state index contributed by atoms with van der Waals surface area (Å²) in [6.45, 7) is 1.23. The molecule has 0 atom stereocenters. The van der Waals surface area contributed by atoms with Crippen molar-refractivity contribution in [2.45, 2.75) is 13.0 Å². The van der Waals surface area contributed by atoms with Crippen molar-refractivity contribution in [3.05, 3.63) is 47.2 Å². The zero-order chi connectivity index (χ0) is 12.5. The Kier molecular flexibility index (Phi) is 2.51. The number of fused-ring (bicyclic) bond motifs is 1. The number of carbonyl (C=O) groups excluding carboxylic acids is 1. The second kappa shape index (κ2) is 4.18. The van der Waals surface area contributed by atoms with Crippen molar-refractivity contribution in [2.75, 3.05) is 12.3 Å². The van der Waals surface area contributed by atoms with E-state index in [-0.39, 0.29) is 5.91 Å². The fourth-order valence-electron chi connectivity index (χ4n) is 2.28. The SMILES string of the molecule is Nc1[nH]ncc1CN1CCc2ccccc2C1=O. The van der Waals surface area contributed by atoms with Crippen LogP contribution >= 0.6 is 0 Å². The Morgan fingerprint density at radius 3 is 3.00 bits per heavy atom. The number of rotatable bonds is 2. The van der Waals surface area contributed by atoms with Crippen molar-refractivity contribution in [1.82, 2.24) is 15.1 Å². The minimum Gasteiger partial charge on any atom is -0.384 e. The minimum atomic E-state index is 0.0671. The molecule has 92 valence electrons. The summed E-state index contributed by atoms with van der Waals surface area (Å²) in [5.41, 5.74) is 8.53. The Hall–Kier alpha value is -2.30. The highest BCUT2D eigenvalue weighted by Gasteiger charge is 2.24. The Balaban J connectivity index is 1.85. The van der Waals surface area contributed by atoms with E-state index in [4.69, 9.17) is 5.73 Å². The maximum atomic E-state index is 12.3. The summed E-state index contributed by atoms with van der Waals surface area (Å²) in [5, 5.41) is 6.55. The summed E-state index contributed by atoms with van der Waals surface area (Å²) in [6.07, 6.45) is 2.56. The van der Waals surface area contributed by atoms with Gasteiger partial charge in [0, 0.05) is 17.7 Å². The van der Waals surface area contributed by atoms with Crippen LogP contribution in [0, 0.1) is 0 Å². The zero-order valence-corrected chi connectivity index (χ0v) is 9.89. The quantitative estimate of drug-likeness (QED) is 0.830. The van der Waals surface area contributed by atoms with E-state index < -0.39 is 0 Å². The third-order valence-corrected chi connectivity index (χ3v) is 3.30. The number of nitrogens with one attached hydrogen (secondary N) is 1. The maximum Gasteiger partial charge on any atom is 0.254 e. The molecule has 0 fully saturated rings. The lowest BCUT2D eigenvalue weighted by molar-refractivity contribution is 0.0727. The molecule has 0 radical (unpaired) electrons. The van der Waals surface area contributed by atoms with Gasteiger partial charge in [0.05, 0.1) is 12.7 Å². The molecule has 0 spiro atoms. The van der Waals surface area contributed by atoms with E-state index in [2.05, 4.69) is 10.2 Å². The monoisotopic (exact) mass is 242 g/mol. The lowest BCUT2D eigenvalue weighted by Crippen LogP contribution is -2.37. The van der Waals surface area contributed by atoms with Crippen LogP contribution in [0.4, 0.5) is 5.82 Å². The summed E-state index contributed by atoms with van der Waals surface area (Å²) in [5.74, 6) is 0.596. The van der Waals surface area contributed by atoms with Gasteiger partial charge in [0.1, 0.15) is 5.82 Å². The van der Waals surface area contributed by atoms with Crippen molar-refractivity contribution in [3.63, 3.8) is 0 Å². The number of aromatic nitrogens is 2. The number of nitrogens with two attached hydrogens (primary N) is 1. The molecule has 2 aromatic rings. The zero-order valence-electron chi connectivity index (χ0n) is 9.89. The van der Waals surface area contributed by atoms with Crippen LogP contribution in [0.2, 0.25) is 0 Å². The van der Waals surface area contributed by atoms with Crippen LogP contribution in [0.1, 0.15) is 21.5 Å². The highest BCUT2D eigenvalue weighted by atomic mass is 16.2. The van der Waals surface area contributed by atoms with E-state index in [0.717, 1.165) is 29.7 Å². The number of amides is 1. The third kappa shape index (κ3) is 1.73. The summed E-state index contributed by atoms with van der Waals surface area (Å²) < 4.78 is 0. The van der Waals surface area contributed by atoms with Gasteiger partial charge in [0.2, 0.25) is 0 Å². The van der Waals surface area contributed by atoms with Gasteiger partial charge in [-0.05, 0) is 18.1 Å². The van der Waals surface area contributed by atoms with Crippen LogP contribution in [0.5, 0.6) is 0 Å². The Bertz CT molecular complexity index is 590. The van der Waals surface area contributed by atoms with Crippen molar-refractivity contribution in [3.8, 4) is 0 Å². The molecule has 18 heavy (non-hydrogen) atoms. The van der Waals surface area contributed by atoms with Gasteiger partial charge in [-0.1, -0.05) is 18.2 Å². The second-order valence-electron chi connectivity index (χ2n) is 4.44. The number of nitrogens with zero attached hydrogens (tertiary/aromatic N) is 2. The Labute approximate surface area is 105 Å². The molecule has 2 heterocycles. The number of H-pyrrole nitrogens is 1. The molecule has 1 amide bonds. The maximum absolute atomic E-state index is 12.3. The minimum absolute atomic E-state index is 0.0671. The number of anilines is 1. The summed E-state index contributed by atoms with van der Waals surface area (Å²) in [4.78, 5) is 14.1. The molecule has 1 aromatic carbocycles. The highest BCUT2D eigenvalue weighted by Crippen LogP contribution is 2.21. The predicted molar refractivity (Wildman–Crippen MR) is 67.9 cm³/mol. The fourth-order valence-corrected chi connectivity index (χ4v) is 2.28.